The van der Waals surface area contributed by atoms with Crippen LogP contribution in [0.25, 0.3) is 5.69 Å². The van der Waals surface area contributed by atoms with Crippen LogP contribution in [0.15, 0.2) is 36.9 Å². The Balaban J connectivity index is 1.59. The van der Waals surface area contributed by atoms with Crippen LogP contribution >= 0.6 is 0 Å². The molecule has 0 bridgehead atoms. The van der Waals surface area contributed by atoms with Crippen LogP contribution in [0, 0.1) is 0 Å². The molecule has 1 aromatic carbocycles. The molecule has 4 rings (SSSR count). The van der Waals surface area contributed by atoms with Crippen molar-refractivity contribution < 1.29 is 14.3 Å². The van der Waals surface area contributed by atoms with Gasteiger partial charge in [-0.2, -0.15) is 5.10 Å². The van der Waals surface area contributed by atoms with Gasteiger partial charge in [0.25, 0.3) is 5.91 Å². The number of hydrogen-bond donors (Lipinski definition) is 0. The maximum atomic E-state index is 13.0. The second kappa shape index (κ2) is 5.33. The van der Waals surface area contributed by atoms with E-state index in [0.29, 0.717) is 37.3 Å². The molecular formula is C16H17N5O3. The molecule has 2 saturated heterocycles. The van der Waals surface area contributed by atoms with Gasteiger partial charge in [-0.15, -0.1) is 0 Å². The number of likely N-dealkylation sites (tertiary alicyclic amines) is 1. The summed E-state index contributed by atoms with van der Waals surface area (Å²) < 4.78 is 7.08. The zero-order valence-electron chi connectivity index (χ0n) is 13.3. The quantitative estimate of drug-likeness (QED) is 0.820. The number of hydrogen-bond acceptors (Lipinski definition) is 5. The lowest BCUT2D eigenvalue weighted by molar-refractivity contribution is 0.0553. The Kier molecular flexibility index (Phi) is 3.26. The average molecular weight is 327 g/mol. The van der Waals surface area contributed by atoms with Crippen molar-refractivity contribution in [1.82, 2.24) is 24.6 Å². The topological polar surface area (TPSA) is 80.6 Å². The van der Waals surface area contributed by atoms with E-state index in [0.717, 1.165) is 0 Å². The minimum absolute atomic E-state index is 0.0939. The fourth-order valence-corrected chi connectivity index (χ4v) is 3.38. The third kappa shape index (κ3) is 2.31. The lowest BCUT2D eigenvalue weighted by Gasteiger charge is -2.22. The van der Waals surface area contributed by atoms with Crippen LogP contribution in [-0.2, 0) is 4.74 Å². The lowest BCUT2D eigenvalue weighted by atomic mass is 10.0. The number of carbonyl (C=O) groups excluding carboxylic acids is 2. The van der Waals surface area contributed by atoms with Gasteiger partial charge >= 0.3 is 6.09 Å². The molecule has 8 nitrogen and oxygen atoms in total. The molecular weight excluding hydrogens is 310 g/mol. The van der Waals surface area contributed by atoms with Crippen molar-refractivity contribution in [3.63, 3.8) is 0 Å². The normalized spacial score (nSPS) is 23.1. The maximum Gasteiger partial charge on any atom is 0.410 e. The van der Waals surface area contributed by atoms with Crippen molar-refractivity contribution in [2.24, 2.45) is 0 Å². The molecule has 8 heteroatoms. The third-order valence-electron chi connectivity index (χ3n) is 4.54. The highest BCUT2D eigenvalue weighted by molar-refractivity contribution is 5.98. The number of nitrogens with zero attached hydrogens (tertiary/aromatic N) is 5. The van der Waals surface area contributed by atoms with Crippen LogP contribution < -0.4 is 0 Å². The molecule has 0 radical (unpaired) electrons. The average Bonchev–Trinajstić information content (AvgIpc) is 3.29. The van der Waals surface area contributed by atoms with Gasteiger partial charge in [0.2, 0.25) is 0 Å². The monoisotopic (exact) mass is 327 g/mol. The Morgan fingerprint density at radius 2 is 2.12 bits per heavy atom. The van der Waals surface area contributed by atoms with E-state index in [4.69, 9.17) is 4.74 Å². The molecule has 0 saturated carbocycles. The summed E-state index contributed by atoms with van der Waals surface area (Å²) in [6.07, 6.45) is 3.32. The molecule has 0 N–H and O–H groups in total. The van der Waals surface area contributed by atoms with Gasteiger partial charge in [-0.05, 0) is 12.1 Å². The van der Waals surface area contributed by atoms with E-state index in [-0.39, 0.29) is 12.0 Å². The first kappa shape index (κ1) is 14.7. The standard InChI is InChI=1S/C16H17N5O3/c1-19-8-16(24-15(19)23)6-7-20(9-16)14(22)12-4-2-3-5-13(12)21-11-17-10-18-21/h2-5,10-11H,6-9H2,1H3. The van der Waals surface area contributed by atoms with E-state index < -0.39 is 5.60 Å². The molecule has 1 atom stereocenters. The summed E-state index contributed by atoms with van der Waals surface area (Å²) >= 11 is 0. The molecule has 2 aliphatic heterocycles. The lowest BCUT2D eigenvalue weighted by Crippen LogP contribution is -2.39. The zero-order valence-corrected chi connectivity index (χ0v) is 13.3. The SMILES string of the molecule is CN1CC2(CCN(C(=O)c3ccccc3-n3cncn3)C2)OC1=O. The van der Waals surface area contributed by atoms with Crippen LogP contribution in [0.3, 0.4) is 0 Å². The second-order valence-corrected chi connectivity index (χ2v) is 6.24. The number of aromatic nitrogens is 3. The highest BCUT2D eigenvalue weighted by Gasteiger charge is 2.49. The Morgan fingerprint density at radius 1 is 1.29 bits per heavy atom. The number of rotatable bonds is 2. The smallest absolute Gasteiger partial charge is 0.410 e. The Bertz CT molecular complexity index is 791. The number of ether oxygens (including phenoxy) is 1. The van der Waals surface area contributed by atoms with Crippen LogP contribution in [0.1, 0.15) is 16.8 Å². The van der Waals surface area contributed by atoms with Crippen LogP contribution in [0.2, 0.25) is 0 Å². The summed E-state index contributed by atoms with van der Waals surface area (Å²) in [5.74, 6) is -0.0939. The molecule has 2 aliphatic rings. The summed E-state index contributed by atoms with van der Waals surface area (Å²) in [6, 6.07) is 7.28. The highest BCUT2D eigenvalue weighted by Crippen LogP contribution is 2.32. The van der Waals surface area contributed by atoms with Gasteiger partial charge < -0.3 is 14.5 Å². The molecule has 24 heavy (non-hydrogen) atoms. The van der Waals surface area contributed by atoms with E-state index in [1.165, 1.54) is 6.33 Å². The van der Waals surface area contributed by atoms with E-state index in [1.54, 1.807) is 33.9 Å². The van der Waals surface area contributed by atoms with Gasteiger partial charge in [0, 0.05) is 20.0 Å². The second-order valence-electron chi connectivity index (χ2n) is 6.24. The van der Waals surface area contributed by atoms with E-state index in [9.17, 15) is 9.59 Å². The van der Waals surface area contributed by atoms with Gasteiger partial charge in [0.1, 0.15) is 12.7 Å². The summed E-state index contributed by atoms with van der Waals surface area (Å²) in [6.45, 7) is 1.49. The maximum absolute atomic E-state index is 13.0. The fourth-order valence-electron chi connectivity index (χ4n) is 3.38. The molecule has 2 fully saturated rings. The molecule has 0 aliphatic carbocycles. The van der Waals surface area contributed by atoms with E-state index >= 15 is 0 Å². The number of amides is 2. The molecule has 1 spiro atoms. The van der Waals surface area contributed by atoms with Crippen LogP contribution in [0.4, 0.5) is 4.79 Å². The number of para-hydroxylation sites is 1. The fraction of sp³-hybridized carbons (Fsp3) is 0.375. The van der Waals surface area contributed by atoms with Crippen molar-refractivity contribution in [3.8, 4) is 5.69 Å². The van der Waals surface area contributed by atoms with E-state index in [1.807, 2.05) is 18.2 Å². The van der Waals surface area contributed by atoms with E-state index in [2.05, 4.69) is 10.1 Å². The molecule has 2 aromatic rings. The van der Waals surface area contributed by atoms with Crippen LogP contribution in [-0.4, -0.2) is 68.8 Å². The summed E-state index contributed by atoms with van der Waals surface area (Å²) in [7, 11) is 1.71. The Labute approximate surface area is 138 Å². The molecule has 2 amide bonds. The first-order chi connectivity index (χ1) is 11.6. The van der Waals surface area contributed by atoms with Crippen molar-refractivity contribution in [2.75, 3.05) is 26.7 Å². The predicted octanol–water partition coefficient (Wildman–Crippen LogP) is 0.934. The minimum atomic E-state index is -0.580. The van der Waals surface area contributed by atoms with Gasteiger partial charge in [0.15, 0.2) is 5.60 Å². The number of benzene rings is 1. The van der Waals surface area contributed by atoms with Crippen molar-refractivity contribution in [2.45, 2.75) is 12.0 Å². The minimum Gasteiger partial charge on any atom is -0.439 e. The van der Waals surface area contributed by atoms with Crippen molar-refractivity contribution >= 4 is 12.0 Å². The highest BCUT2D eigenvalue weighted by atomic mass is 16.6. The van der Waals surface area contributed by atoms with Crippen molar-refractivity contribution in [1.29, 1.82) is 0 Å². The summed E-state index contributed by atoms with van der Waals surface area (Å²) in [5, 5.41) is 4.11. The van der Waals surface area contributed by atoms with Gasteiger partial charge in [-0.1, -0.05) is 12.1 Å². The largest absolute Gasteiger partial charge is 0.439 e. The van der Waals surface area contributed by atoms with Gasteiger partial charge in [0.05, 0.1) is 24.3 Å². The Hall–Kier alpha value is -2.90. The molecule has 1 aromatic heterocycles. The number of likely N-dealkylation sites (N-methyl/N-ethyl adjacent to an activating group) is 1. The molecule has 1 unspecified atom stereocenters. The summed E-state index contributed by atoms with van der Waals surface area (Å²) in [5.41, 5.74) is 0.656. The third-order valence-corrected chi connectivity index (χ3v) is 4.54. The zero-order chi connectivity index (χ0) is 16.7. The van der Waals surface area contributed by atoms with Crippen LogP contribution in [0.5, 0.6) is 0 Å². The van der Waals surface area contributed by atoms with Gasteiger partial charge in [-0.25, -0.2) is 14.5 Å². The molecule has 124 valence electrons. The molecule has 3 heterocycles. The van der Waals surface area contributed by atoms with Crippen molar-refractivity contribution in [3.05, 3.63) is 42.5 Å². The first-order valence-electron chi connectivity index (χ1n) is 7.75. The van der Waals surface area contributed by atoms with Gasteiger partial charge in [-0.3, -0.25) is 4.79 Å². The number of carbonyl (C=O) groups is 2. The summed E-state index contributed by atoms with van der Waals surface area (Å²) in [4.78, 5) is 31.9. The predicted molar refractivity (Wildman–Crippen MR) is 83.7 cm³/mol. The Morgan fingerprint density at radius 3 is 2.83 bits per heavy atom. The first-order valence-corrected chi connectivity index (χ1v) is 7.75.